The second-order valence-corrected chi connectivity index (χ2v) is 3.92. The molecular formula is C12H17NO2. The minimum Gasteiger partial charge on any atom is -0.508 e. The lowest BCUT2D eigenvalue weighted by molar-refractivity contribution is 0.0699. The number of hydrogen-bond acceptors (Lipinski definition) is 3. The Hall–Kier alpha value is -1.06. The lowest BCUT2D eigenvalue weighted by Gasteiger charge is -2.23. The first-order valence-electron chi connectivity index (χ1n) is 5.44. The van der Waals surface area contributed by atoms with Crippen molar-refractivity contribution >= 4 is 0 Å². The molecule has 1 fully saturated rings. The van der Waals surface area contributed by atoms with Crippen LogP contribution >= 0.6 is 0 Å². The predicted octanol–water partition coefficient (Wildman–Crippen LogP) is 1.66. The average molecular weight is 207 g/mol. The Morgan fingerprint density at radius 3 is 3.00 bits per heavy atom. The molecule has 1 heterocycles. The molecule has 0 radical (unpaired) electrons. The molecule has 3 nitrogen and oxygen atoms in total. The minimum absolute atomic E-state index is 0.363. The maximum absolute atomic E-state index is 9.57. The highest BCUT2D eigenvalue weighted by atomic mass is 16.5. The smallest absolute Gasteiger partial charge is 0.120 e. The van der Waals surface area contributed by atoms with Gasteiger partial charge in [0.2, 0.25) is 0 Å². The molecule has 82 valence electrons. The van der Waals surface area contributed by atoms with Crippen LogP contribution in [0.15, 0.2) is 24.3 Å². The first-order chi connectivity index (χ1) is 7.36. The fourth-order valence-corrected chi connectivity index (χ4v) is 1.82. The summed E-state index contributed by atoms with van der Waals surface area (Å²) in [5.41, 5.74) is 0.947. The molecule has 1 saturated heterocycles. The number of benzene rings is 1. The number of hydrogen-bond donors (Lipinski definition) is 2. The Labute approximate surface area is 90.1 Å². The molecule has 1 aliphatic heterocycles. The van der Waals surface area contributed by atoms with E-state index in [1.54, 1.807) is 6.07 Å². The maximum atomic E-state index is 9.57. The third-order valence-electron chi connectivity index (χ3n) is 2.73. The van der Waals surface area contributed by atoms with Crippen molar-refractivity contribution < 1.29 is 9.84 Å². The van der Waals surface area contributed by atoms with E-state index in [0.29, 0.717) is 18.3 Å². The van der Waals surface area contributed by atoms with Crippen LogP contribution in [-0.4, -0.2) is 24.4 Å². The van der Waals surface area contributed by atoms with E-state index in [1.165, 1.54) is 0 Å². The highest BCUT2D eigenvalue weighted by molar-refractivity contribution is 5.31. The summed E-state index contributed by atoms with van der Waals surface area (Å²) in [4.78, 5) is 0. The van der Waals surface area contributed by atoms with Gasteiger partial charge < -0.3 is 15.2 Å². The van der Waals surface area contributed by atoms with Gasteiger partial charge in [-0.25, -0.2) is 0 Å². The Kier molecular flexibility index (Phi) is 3.59. The molecule has 2 N–H and O–H groups in total. The van der Waals surface area contributed by atoms with Gasteiger partial charge in [0.15, 0.2) is 0 Å². The lowest BCUT2D eigenvalue weighted by atomic mass is 10.1. The quantitative estimate of drug-likeness (QED) is 0.792. The van der Waals surface area contributed by atoms with Crippen molar-refractivity contribution in [2.45, 2.75) is 25.4 Å². The fraction of sp³-hybridized carbons (Fsp3) is 0.500. The summed E-state index contributed by atoms with van der Waals surface area (Å²) in [5, 5.41) is 13.0. The van der Waals surface area contributed by atoms with E-state index in [2.05, 4.69) is 5.32 Å². The Bertz CT molecular complexity index is 308. The molecule has 1 aromatic carbocycles. The van der Waals surface area contributed by atoms with Crippen molar-refractivity contribution in [3.63, 3.8) is 0 Å². The third kappa shape index (κ3) is 2.94. The number of para-hydroxylation sites is 1. The van der Waals surface area contributed by atoms with E-state index < -0.39 is 0 Å². The van der Waals surface area contributed by atoms with Gasteiger partial charge in [-0.2, -0.15) is 0 Å². The van der Waals surface area contributed by atoms with Gasteiger partial charge in [-0.1, -0.05) is 18.2 Å². The highest BCUT2D eigenvalue weighted by Crippen LogP contribution is 2.16. The summed E-state index contributed by atoms with van der Waals surface area (Å²) in [6.07, 6.45) is 2.28. The van der Waals surface area contributed by atoms with E-state index in [-0.39, 0.29) is 0 Å². The second-order valence-electron chi connectivity index (χ2n) is 3.92. The van der Waals surface area contributed by atoms with Crippen LogP contribution in [0.25, 0.3) is 0 Å². The van der Waals surface area contributed by atoms with Gasteiger partial charge in [0.05, 0.1) is 6.61 Å². The van der Waals surface area contributed by atoms with Crippen LogP contribution in [0.2, 0.25) is 0 Å². The zero-order valence-corrected chi connectivity index (χ0v) is 8.78. The molecule has 0 aliphatic carbocycles. The van der Waals surface area contributed by atoms with Crippen LogP contribution in [0, 0.1) is 0 Å². The summed E-state index contributed by atoms with van der Waals surface area (Å²) in [6, 6.07) is 7.86. The summed E-state index contributed by atoms with van der Waals surface area (Å²) in [7, 11) is 0. The molecule has 2 rings (SSSR count). The molecule has 1 aromatic rings. The first-order valence-corrected chi connectivity index (χ1v) is 5.44. The van der Waals surface area contributed by atoms with E-state index >= 15 is 0 Å². The largest absolute Gasteiger partial charge is 0.508 e. The van der Waals surface area contributed by atoms with Crippen molar-refractivity contribution in [1.29, 1.82) is 0 Å². The van der Waals surface area contributed by atoms with E-state index in [0.717, 1.165) is 31.6 Å². The van der Waals surface area contributed by atoms with Crippen LogP contribution in [0.1, 0.15) is 18.4 Å². The Balaban J connectivity index is 1.84. The summed E-state index contributed by atoms with van der Waals surface area (Å²) >= 11 is 0. The van der Waals surface area contributed by atoms with E-state index in [4.69, 9.17) is 4.74 Å². The van der Waals surface area contributed by atoms with Crippen molar-refractivity contribution in [2.24, 2.45) is 0 Å². The normalized spacial score (nSPS) is 21.5. The second kappa shape index (κ2) is 5.14. The van der Waals surface area contributed by atoms with Crippen LogP contribution in [0.3, 0.4) is 0 Å². The molecule has 0 bridgehead atoms. The molecule has 3 heteroatoms. The summed E-state index contributed by atoms with van der Waals surface area (Å²) < 4.78 is 5.38. The number of phenolic OH excluding ortho intramolecular Hbond substituents is 1. The third-order valence-corrected chi connectivity index (χ3v) is 2.73. The number of rotatable bonds is 3. The average Bonchev–Trinajstić information content (AvgIpc) is 2.29. The minimum atomic E-state index is 0.363. The topological polar surface area (TPSA) is 41.5 Å². The number of ether oxygens (including phenoxy) is 1. The summed E-state index contributed by atoms with van der Waals surface area (Å²) in [6.45, 7) is 2.38. The van der Waals surface area contributed by atoms with Gasteiger partial charge in [-0.05, 0) is 18.9 Å². The number of phenols is 1. The number of aromatic hydroxyl groups is 1. The molecular weight excluding hydrogens is 190 g/mol. The van der Waals surface area contributed by atoms with Crippen LogP contribution < -0.4 is 5.32 Å². The van der Waals surface area contributed by atoms with Crippen molar-refractivity contribution in [3.05, 3.63) is 29.8 Å². The van der Waals surface area contributed by atoms with Gasteiger partial charge in [0, 0.05) is 24.8 Å². The Morgan fingerprint density at radius 2 is 2.27 bits per heavy atom. The van der Waals surface area contributed by atoms with Crippen LogP contribution in [0.5, 0.6) is 5.75 Å². The molecule has 1 atom stereocenters. The Morgan fingerprint density at radius 1 is 1.40 bits per heavy atom. The van der Waals surface area contributed by atoms with Gasteiger partial charge in [-0.3, -0.25) is 0 Å². The number of nitrogens with one attached hydrogen (secondary N) is 1. The van der Waals surface area contributed by atoms with Crippen LogP contribution in [0.4, 0.5) is 0 Å². The standard InChI is InChI=1S/C12H17NO2/c14-12-6-2-1-4-10(12)8-13-11-5-3-7-15-9-11/h1-2,4,6,11,13-14H,3,5,7-9H2. The van der Waals surface area contributed by atoms with Gasteiger partial charge in [-0.15, -0.1) is 0 Å². The fourth-order valence-electron chi connectivity index (χ4n) is 1.82. The van der Waals surface area contributed by atoms with Gasteiger partial charge in [0.25, 0.3) is 0 Å². The zero-order chi connectivity index (χ0) is 10.5. The highest BCUT2D eigenvalue weighted by Gasteiger charge is 2.13. The van der Waals surface area contributed by atoms with E-state index in [1.807, 2.05) is 18.2 Å². The monoisotopic (exact) mass is 207 g/mol. The lowest BCUT2D eigenvalue weighted by Crippen LogP contribution is -2.36. The van der Waals surface area contributed by atoms with Crippen molar-refractivity contribution in [2.75, 3.05) is 13.2 Å². The van der Waals surface area contributed by atoms with Crippen molar-refractivity contribution in [3.8, 4) is 5.75 Å². The maximum Gasteiger partial charge on any atom is 0.120 e. The molecule has 1 unspecified atom stereocenters. The molecule has 1 aliphatic rings. The van der Waals surface area contributed by atoms with Gasteiger partial charge in [0.1, 0.15) is 5.75 Å². The van der Waals surface area contributed by atoms with E-state index in [9.17, 15) is 5.11 Å². The first kappa shape index (κ1) is 10.5. The predicted molar refractivity (Wildman–Crippen MR) is 58.8 cm³/mol. The van der Waals surface area contributed by atoms with Crippen LogP contribution in [-0.2, 0) is 11.3 Å². The zero-order valence-electron chi connectivity index (χ0n) is 8.78. The molecule has 0 amide bonds. The molecule has 0 aromatic heterocycles. The SMILES string of the molecule is Oc1ccccc1CNC1CCCOC1. The van der Waals surface area contributed by atoms with Crippen molar-refractivity contribution in [1.82, 2.24) is 5.32 Å². The summed E-state index contributed by atoms with van der Waals surface area (Å²) in [5.74, 6) is 0.363. The molecule has 0 spiro atoms. The molecule has 0 saturated carbocycles. The van der Waals surface area contributed by atoms with Gasteiger partial charge >= 0.3 is 0 Å². The molecule has 15 heavy (non-hydrogen) atoms.